The van der Waals surface area contributed by atoms with Gasteiger partial charge < -0.3 is 9.47 Å². The lowest BCUT2D eigenvalue weighted by Gasteiger charge is -2.14. The lowest BCUT2D eigenvalue weighted by atomic mass is 9.97. The van der Waals surface area contributed by atoms with Gasteiger partial charge in [-0.25, -0.2) is 0 Å². The molecular formula is C25H19ClF3NO2. The SMILES string of the molecule is COc1ccc2c(Cl)c(-c3ccc(-c4ccc(C(F)(F)F)cc4OC)cc3)c(C)nc2c1. The van der Waals surface area contributed by atoms with Crippen molar-refractivity contribution in [1.82, 2.24) is 4.98 Å². The van der Waals surface area contributed by atoms with Crippen LogP contribution in [0.5, 0.6) is 11.5 Å². The number of benzene rings is 3. The van der Waals surface area contributed by atoms with Crippen LogP contribution in [0.2, 0.25) is 5.02 Å². The molecule has 4 aromatic rings. The number of aryl methyl sites for hydroxylation is 1. The normalized spacial score (nSPS) is 11.6. The third kappa shape index (κ3) is 3.98. The Bertz CT molecular complexity index is 1300. The van der Waals surface area contributed by atoms with Crippen LogP contribution < -0.4 is 9.47 Å². The maximum absolute atomic E-state index is 13.0. The van der Waals surface area contributed by atoms with Crippen molar-refractivity contribution in [1.29, 1.82) is 0 Å². The fraction of sp³-hybridized carbons (Fsp3) is 0.160. The summed E-state index contributed by atoms with van der Waals surface area (Å²) in [5, 5.41) is 1.39. The Morgan fingerprint density at radius 3 is 2.16 bits per heavy atom. The summed E-state index contributed by atoms with van der Waals surface area (Å²) >= 11 is 6.73. The lowest BCUT2D eigenvalue weighted by Crippen LogP contribution is -2.05. The maximum atomic E-state index is 13.0. The molecule has 0 N–H and O–H groups in total. The molecule has 0 aliphatic rings. The van der Waals surface area contributed by atoms with Crippen LogP contribution in [0.25, 0.3) is 33.2 Å². The van der Waals surface area contributed by atoms with E-state index in [0.717, 1.165) is 45.4 Å². The quantitative estimate of drug-likeness (QED) is 0.316. The first-order valence-corrected chi connectivity index (χ1v) is 10.1. The van der Waals surface area contributed by atoms with Crippen molar-refractivity contribution in [2.24, 2.45) is 0 Å². The fourth-order valence-corrected chi connectivity index (χ4v) is 4.11. The first-order chi connectivity index (χ1) is 15.2. The molecule has 32 heavy (non-hydrogen) atoms. The molecule has 0 aliphatic heterocycles. The highest BCUT2D eigenvalue weighted by Crippen LogP contribution is 2.40. The van der Waals surface area contributed by atoms with Crippen LogP contribution in [-0.2, 0) is 6.18 Å². The van der Waals surface area contributed by atoms with Crippen molar-refractivity contribution in [2.45, 2.75) is 13.1 Å². The van der Waals surface area contributed by atoms with Crippen LogP contribution in [0.4, 0.5) is 13.2 Å². The number of nitrogens with zero attached hydrogens (tertiary/aromatic N) is 1. The Labute approximate surface area is 188 Å². The van der Waals surface area contributed by atoms with E-state index in [0.29, 0.717) is 16.3 Å². The molecule has 0 spiro atoms. The number of pyridine rings is 1. The minimum Gasteiger partial charge on any atom is -0.497 e. The molecule has 4 rings (SSSR count). The molecule has 0 fully saturated rings. The first-order valence-electron chi connectivity index (χ1n) is 9.73. The van der Waals surface area contributed by atoms with E-state index >= 15 is 0 Å². The van der Waals surface area contributed by atoms with Gasteiger partial charge in [-0.1, -0.05) is 41.9 Å². The molecule has 1 heterocycles. The van der Waals surface area contributed by atoms with Crippen LogP contribution in [0.1, 0.15) is 11.3 Å². The summed E-state index contributed by atoms with van der Waals surface area (Å²) in [6, 6.07) is 16.4. The standard InChI is InChI=1S/C25H19ClF3NO2/c1-14-23(24(26)20-11-9-18(31-2)13-21(20)30-14)16-6-4-15(5-7-16)19-10-8-17(25(27,28)29)12-22(19)32-3/h4-13H,1-3H3. The predicted octanol–water partition coefficient (Wildman–Crippen LogP) is 7.57. The summed E-state index contributed by atoms with van der Waals surface area (Å²) in [4.78, 5) is 4.67. The van der Waals surface area contributed by atoms with Gasteiger partial charge in [-0.15, -0.1) is 0 Å². The van der Waals surface area contributed by atoms with Gasteiger partial charge in [0.05, 0.1) is 30.3 Å². The number of ether oxygens (including phenoxy) is 2. The summed E-state index contributed by atoms with van der Waals surface area (Å²) < 4.78 is 49.6. The predicted molar refractivity (Wildman–Crippen MR) is 120 cm³/mol. The van der Waals surface area contributed by atoms with Crippen LogP contribution in [-0.4, -0.2) is 19.2 Å². The van der Waals surface area contributed by atoms with Gasteiger partial charge in [0.2, 0.25) is 0 Å². The molecule has 164 valence electrons. The average molecular weight is 458 g/mol. The smallest absolute Gasteiger partial charge is 0.416 e. The molecule has 3 aromatic carbocycles. The molecule has 0 amide bonds. The maximum Gasteiger partial charge on any atom is 0.416 e. The van der Waals surface area contributed by atoms with Gasteiger partial charge in [0.25, 0.3) is 0 Å². The Morgan fingerprint density at radius 1 is 0.844 bits per heavy atom. The van der Waals surface area contributed by atoms with E-state index < -0.39 is 11.7 Å². The molecule has 0 radical (unpaired) electrons. The first kappa shape index (κ1) is 22.0. The molecule has 3 nitrogen and oxygen atoms in total. The number of hydrogen-bond donors (Lipinski definition) is 0. The zero-order chi connectivity index (χ0) is 23.0. The second-order valence-corrected chi connectivity index (χ2v) is 7.64. The molecule has 0 unspecified atom stereocenters. The zero-order valence-electron chi connectivity index (χ0n) is 17.5. The van der Waals surface area contributed by atoms with Gasteiger partial charge in [-0.2, -0.15) is 13.2 Å². The van der Waals surface area contributed by atoms with E-state index in [1.165, 1.54) is 13.2 Å². The second-order valence-electron chi connectivity index (χ2n) is 7.26. The molecule has 0 aliphatic carbocycles. The van der Waals surface area contributed by atoms with Crippen molar-refractivity contribution in [2.75, 3.05) is 14.2 Å². The second kappa shape index (κ2) is 8.36. The van der Waals surface area contributed by atoms with Gasteiger partial charge in [-0.3, -0.25) is 4.98 Å². The van der Waals surface area contributed by atoms with Crippen molar-refractivity contribution in [3.05, 3.63) is 76.9 Å². The summed E-state index contributed by atoms with van der Waals surface area (Å²) in [5.74, 6) is 0.853. The zero-order valence-corrected chi connectivity index (χ0v) is 18.3. The molecule has 7 heteroatoms. The number of halogens is 4. The third-order valence-electron chi connectivity index (χ3n) is 5.32. The van der Waals surface area contributed by atoms with E-state index in [9.17, 15) is 13.2 Å². The van der Waals surface area contributed by atoms with Crippen LogP contribution in [0.3, 0.4) is 0 Å². The molecule has 1 aromatic heterocycles. The van der Waals surface area contributed by atoms with Gasteiger partial charge in [-0.05, 0) is 42.3 Å². The summed E-state index contributed by atoms with van der Waals surface area (Å²) in [5.41, 5.74) is 3.70. The number of alkyl halides is 3. The Kier molecular flexibility index (Phi) is 5.73. The summed E-state index contributed by atoms with van der Waals surface area (Å²) in [7, 11) is 2.95. The van der Waals surface area contributed by atoms with Gasteiger partial charge in [0.1, 0.15) is 11.5 Å². The fourth-order valence-electron chi connectivity index (χ4n) is 3.70. The Balaban J connectivity index is 1.76. The van der Waals surface area contributed by atoms with Crippen LogP contribution in [0, 0.1) is 6.92 Å². The molecule has 0 saturated carbocycles. The minimum absolute atomic E-state index is 0.156. The van der Waals surface area contributed by atoms with Gasteiger partial charge in [0, 0.05) is 28.3 Å². The van der Waals surface area contributed by atoms with Crippen LogP contribution >= 0.6 is 11.6 Å². The average Bonchev–Trinajstić information content (AvgIpc) is 2.78. The number of hydrogen-bond acceptors (Lipinski definition) is 3. The highest BCUT2D eigenvalue weighted by Gasteiger charge is 2.31. The van der Waals surface area contributed by atoms with E-state index in [1.54, 1.807) is 7.11 Å². The highest BCUT2D eigenvalue weighted by molar-refractivity contribution is 6.38. The van der Waals surface area contributed by atoms with Crippen molar-refractivity contribution in [3.8, 4) is 33.8 Å². The van der Waals surface area contributed by atoms with Gasteiger partial charge >= 0.3 is 6.18 Å². The van der Waals surface area contributed by atoms with Crippen molar-refractivity contribution >= 4 is 22.5 Å². The van der Waals surface area contributed by atoms with Crippen molar-refractivity contribution < 1.29 is 22.6 Å². The largest absolute Gasteiger partial charge is 0.497 e. The number of fused-ring (bicyclic) bond motifs is 1. The number of rotatable bonds is 4. The Morgan fingerprint density at radius 2 is 1.53 bits per heavy atom. The highest BCUT2D eigenvalue weighted by atomic mass is 35.5. The number of methoxy groups -OCH3 is 2. The third-order valence-corrected chi connectivity index (χ3v) is 5.72. The van der Waals surface area contributed by atoms with E-state index in [2.05, 4.69) is 4.98 Å². The minimum atomic E-state index is -4.43. The van der Waals surface area contributed by atoms with Crippen LogP contribution in [0.15, 0.2) is 60.7 Å². The monoisotopic (exact) mass is 457 g/mol. The van der Waals surface area contributed by atoms with Crippen molar-refractivity contribution in [3.63, 3.8) is 0 Å². The van der Waals surface area contributed by atoms with Gasteiger partial charge in [0.15, 0.2) is 0 Å². The molecule has 0 saturated heterocycles. The van der Waals surface area contributed by atoms with E-state index in [1.807, 2.05) is 49.4 Å². The van der Waals surface area contributed by atoms with E-state index in [-0.39, 0.29) is 5.75 Å². The summed E-state index contributed by atoms with van der Waals surface area (Å²) in [6.07, 6.45) is -4.43. The summed E-state index contributed by atoms with van der Waals surface area (Å²) in [6.45, 7) is 1.88. The molecule has 0 atom stereocenters. The topological polar surface area (TPSA) is 31.4 Å². The van der Waals surface area contributed by atoms with E-state index in [4.69, 9.17) is 21.1 Å². The Hall–Kier alpha value is -3.25. The molecule has 0 bridgehead atoms. The number of aromatic nitrogens is 1. The lowest BCUT2D eigenvalue weighted by molar-refractivity contribution is -0.137. The molecular weight excluding hydrogens is 439 g/mol.